The Morgan fingerprint density at radius 1 is 1.50 bits per heavy atom. The highest BCUT2D eigenvalue weighted by atomic mass is 32.1. The Morgan fingerprint density at radius 2 is 2.50 bits per heavy atom. The molecule has 1 unspecified atom stereocenters. The van der Waals surface area contributed by atoms with Crippen molar-refractivity contribution in [1.82, 2.24) is 10.3 Å². The largest absolute Gasteiger partial charge is 0.375 e. The Hall–Kier alpha value is -0.450. The molecule has 1 aromatic rings. The molecule has 0 aliphatic carbocycles. The van der Waals surface area contributed by atoms with Gasteiger partial charge in [0.15, 0.2) is 0 Å². The summed E-state index contributed by atoms with van der Waals surface area (Å²) in [6.07, 6.45) is 3.53. The van der Waals surface area contributed by atoms with E-state index in [9.17, 15) is 0 Å². The molecule has 76 valence electrons. The molecule has 3 heterocycles. The molecular weight excluding hydrogens is 196 g/mol. The van der Waals surface area contributed by atoms with Crippen molar-refractivity contribution in [3.63, 3.8) is 0 Å². The minimum atomic E-state index is 0.519. The van der Waals surface area contributed by atoms with E-state index >= 15 is 0 Å². The number of ether oxygens (including phenoxy) is 1. The van der Waals surface area contributed by atoms with Gasteiger partial charge in [-0.1, -0.05) is 0 Å². The number of rotatable bonds is 1. The zero-order valence-corrected chi connectivity index (χ0v) is 8.90. The predicted octanol–water partition coefficient (Wildman–Crippen LogP) is 1.64. The summed E-state index contributed by atoms with van der Waals surface area (Å²) in [6, 6.07) is 0.519. The second-order valence-electron chi connectivity index (χ2n) is 3.87. The van der Waals surface area contributed by atoms with Crippen LogP contribution in [0.5, 0.6) is 0 Å². The smallest absolute Gasteiger partial charge is 0.110 e. The highest BCUT2D eigenvalue weighted by Crippen LogP contribution is 2.31. The quantitative estimate of drug-likeness (QED) is 0.765. The summed E-state index contributed by atoms with van der Waals surface area (Å²) in [4.78, 5) is 6.06. The second-order valence-corrected chi connectivity index (χ2v) is 4.99. The lowest BCUT2D eigenvalue weighted by Crippen LogP contribution is -2.12. The number of fused-ring (bicyclic) bond motifs is 1. The molecule has 0 saturated carbocycles. The average Bonchev–Trinajstić information content (AvgIpc) is 2.86. The molecule has 0 radical (unpaired) electrons. The number of hydrogen-bond acceptors (Lipinski definition) is 4. The maximum Gasteiger partial charge on any atom is 0.110 e. The maximum absolute atomic E-state index is 5.42. The van der Waals surface area contributed by atoms with Gasteiger partial charge in [0.05, 0.1) is 29.8 Å². The van der Waals surface area contributed by atoms with Gasteiger partial charge in [0.1, 0.15) is 5.01 Å². The summed E-state index contributed by atoms with van der Waals surface area (Å²) in [5, 5.41) is 4.77. The summed E-state index contributed by atoms with van der Waals surface area (Å²) in [6.45, 7) is 2.76. The van der Waals surface area contributed by atoms with Crippen LogP contribution in [-0.4, -0.2) is 18.1 Å². The molecule has 2 aliphatic rings. The first kappa shape index (κ1) is 8.83. The Kier molecular flexibility index (Phi) is 2.27. The van der Waals surface area contributed by atoms with Gasteiger partial charge in [0, 0.05) is 6.42 Å². The molecule has 3 nitrogen and oxygen atoms in total. The number of thiazole rings is 1. The van der Waals surface area contributed by atoms with Crippen molar-refractivity contribution in [2.24, 2.45) is 0 Å². The van der Waals surface area contributed by atoms with Crippen molar-refractivity contribution < 1.29 is 4.74 Å². The normalized spacial score (nSPS) is 26.4. The van der Waals surface area contributed by atoms with Crippen molar-refractivity contribution in [1.29, 1.82) is 0 Å². The average molecular weight is 210 g/mol. The highest BCUT2D eigenvalue weighted by molar-refractivity contribution is 7.11. The molecule has 1 N–H and O–H groups in total. The number of hydrogen-bond donors (Lipinski definition) is 1. The van der Waals surface area contributed by atoms with E-state index in [0.717, 1.165) is 26.2 Å². The molecule has 2 aliphatic heterocycles. The summed E-state index contributed by atoms with van der Waals surface area (Å²) in [5.74, 6) is 0. The van der Waals surface area contributed by atoms with Crippen LogP contribution in [0.3, 0.4) is 0 Å². The summed E-state index contributed by atoms with van der Waals surface area (Å²) < 4.78 is 5.42. The number of nitrogens with zero attached hydrogens (tertiary/aromatic N) is 1. The third kappa shape index (κ3) is 1.47. The zero-order chi connectivity index (χ0) is 9.38. The molecule has 0 amide bonds. The van der Waals surface area contributed by atoms with Crippen LogP contribution in [0.4, 0.5) is 0 Å². The molecule has 1 saturated heterocycles. The summed E-state index contributed by atoms with van der Waals surface area (Å²) in [5.41, 5.74) is 1.28. The maximum atomic E-state index is 5.42. The Labute approximate surface area is 87.5 Å². The second kappa shape index (κ2) is 3.61. The van der Waals surface area contributed by atoms with Crippen molar-refractivity contribution in [3.05, 3.63) is 15.6 Å². The summed E-state index contributed by atoms with van der Waals surface area (Å²) in [7, 11) is 0. The van der Waals surface area contributed by atoms with Gasteiger partial charge in [0.25, 0.3) is 0 Å². The lowest BCUT2D eigenvalue weighted by atomic mass is 10.2. The molecule has 0 bridgehead atoms. The van der Waals surface area contributed by atoms with E-state index in [1.165, 1.54) is 28.4 Å². The van der Waals surface area contributed by atoms with Crippen molar-refractivity contribution in [2.45, 2.75) is 31.9 Å². The van der Waals surface area contributed by atoms with Crippen molar-refractivity contribution >= 4 is 11.3 Å². The topological polar surface area (TPSA) is 34.2 Å². The standard InChI is InChI=1S/C10H14N2OS/c1-2-8(11-4-1)10-12-7-3-5-13-6-9(7)14-10/h8,11H,1-6H2. The van der Waals surface area contributed by atoms with Gasteiger partial charge in [-0.2, -0.15) is 0 Å². The molecule has 14 heavy (non-hydrogen) atoms. The van der Waals surface area contributed by atoms with Gasteiger partial charge in [0.2, 0.25) is 0 Å². The zero-order valence-electron chi connectivity index (χ0n) is 8.08. The van der Waals surface area contributed by atoms with E-state index in [0.29, 0.717) is 6.04 Å². The van der Waals surface area contributed by atoms with Crippen LogP contribution in [0, 0.1) is 0 Å². The first-order chi connectivity index (χ1) is 6.93. The van der Waals surface area contributed by atoms with Crippen LogP contribution in [0.25, 0.3) is 0 Å². The third-order valence-electron chi connectivity index (χ3n) is 2.87. The van der Waals surface area contributed by atoms with Gasteiger partial charge >= 0.3 is 0 Å². The SMILES string of the molecule is C1CNC(c2nc3c(s2)COCC3)C1. The number of aromatic nitrogens is 1. The van der Waals surface area contributed by atoms with Crippen molar-refractivity contribution in [3.8, 4) is 0 Å². The van der Waals surface area contributed by atoms with Crippen LogP contribution >= 0.6 is 11.3 Å². The molecule has 0 aromatic carbocycles. The van der Waals surface area contributed by atoms with Crippen LogP contribution in [0.1, 0.15) is 34.5 Å². The van der Waals surface area contributed by atoms with E-state index in [2.05, 4.69) is 5.32 Å². The van der Waals surface area contributed by atoms with E-state index < -0.39 is 0 Å². The molecular formula is C10H14N2OS. The van der Waals surface area contributed by atoms with Gasteiger partial charge in [-0.15, -0.1) is 11.3 Å². The van der Waals surface area contributed by atoms with Gasteiger partial charge in [-0.3, -0.25) is 0 Å². The Morgan fingerprint density at radius 3 is 3.29 bits per heavy atom. The van der Waals surface area contributed by atoms with E-state index in [1.807, 2.05) is 11.3 Å². The van der Waals surface area contributed by atoms with Gasteiger partial charge in [-0.25, -0.2) is 4.98 Å². The molecule has 4 heteroatoms. The fourth-order valence-electron chi connectivity index (χ4n) is 2.09. The minimum Gasteiger partial charge on any atom is -0.375 e. The minimum absolute atomic E-state index is 0.519. The fourth-order valence-corrected chi connectivity index (χ4v) is 3.25. The van der Waals surface area contributed by atoms with Crippen LogP contribution < -0.4 is 5.32 Å². The summed E-state index contributed by atoms with van der Waals surface area (Å²) >= 11 is 1.83. The first-order valence-electron chi connectivity index (χ1n) is 5.23. The lowest BCUT2D eigenvalue weighted by molar-refractivity contribution is 0.112. The Balaban J connectivity index is 1.87. The van der Waals surface area contributed by atoms with Crippen molar-refractivity contribution in [2.75, 3.05) is 13.2 Å². The molecule has 1 aromatic heterocycles. The predicted molar refractivity (Wildman–Crippen MR) is 55.5 cm³/mol. The monoisotopic (exact) mass is 210 g/mol. The van der Waals surface area contributed by atoms with E-state index in [-0.39, 0.29) is 0 Å². The fraction of sp³-hybridized carbons (Fsp3) is 0.700. The lowest BCUT2D eigenvalue weighted by Gasteiger charge is -2.08. The molecule has 1 atom stereocenters. The van der Waals surface area contributed by atoms with Crippen LogP contribution in [0.2, 0.25) is 0 Å². The van der Waals surface area contributed by atoms with Crippen LogP contribution in [-0.2, 0) is 17.8 Å². The Bertz CT molecular complexity index is 307. The van der Waals surface area contributed by atoms with E-state index in [1.54, 1.807) is 0 Å². The van der Waals surface area contributed by atoms with Crippen LogP contribution in [0.15, 0.2) is 0 Å². The third-order valence-corrected chi connectivity index (χ3v) is 4.05. The highest BCUT2D eigenvalue weighted by Gasteiger charge is 2.23. The molecule has 0 spiro atoms. The molecule has 3 rings (SSSR count). The van der Waals surface area contributed by atoms with E-state index in [4.69, 9.17) is 9.72 Å². The van der Waals surface area contributed by atoms with Gasteiger partial charge < -0.3 is 10.1 Å². The number of nitrogens with one attached hydrogen (secondary N) is 1. The first-order valence-corrected chi connectivity index (χ1v) is 6.05. The van der Waals surface area contributed by atoms with Gasteiger partial charge in [-0.05, 0) is 19.4 Å². The molecule has 1 fully saturated rings.